The van der Waals surface area contributed by atoms with E-state index in [1.165, 1.54) is 0 Å². The second-order valence-corrected chi connectivity index (χ2v) is 16.3. The van der Waals surface area contributed by atoms with Crippen LogP contribution in [0.1, 0.15) is 63.8 Å². The first-order valence-electron chi connectivity index (χ1n) is 20.2. The molecule has 0 aromatic heterocycles. The molecule has 2 fully saturated rings. The Bertz CT molecular complexity index is 1830. The van der Waals surface area contributed by atoms with Crippen molar-refractivity contribution in [3.8, 4) is 0 Å². The summed E-state index contributed by atoms with van der Waals surface area (Å²) < 4.78 is 52.2. The first-order valence-corrected chi connectivity index (χ1v) is 20.2. The maximum atomic E-state index is 13.3. The van der Waals surface area contributed by atoms with Gasteiger partial charge in [0.1, 0.15) is 42.2 Å². The zero-order valence-electron chi connectivity index (χ0n) is 34.5. The molecule has 1 N–H and O–H groups in total. The Kier molecular flexibility index (Phi) is 15.3. The molecule has 1 amide bonds. The van der Waals surface area contributed by atoms with Crippen LogP contribution >= 0.6 is 0 Å². The van der Waals surface area contributed by atoms with Gasteiger partial charge < -0.3 is 43.2 Å². The van der Waals surface area contributed by atoms with E-state index in [1.807, 2.05) is 175 Å². The van der Waals surface area contributed by atoms with E-state index in [1.54, 1.807) is 0 Å². The fraction of sp³-hybridized carbons (Fsp3) is 0.438. The first-order chi connectivity index (χ1) is 27.9. The van der Waals surface area contributed by atoms with Crippen LogP contribution in [0.2, 0.25) is 0 Å². The molecule has 10 nitrogen and oxygen atoms in total. The molecule has 310 valence electrons. The highest BCUT2D eigenvalue weighted by molar-refractivity contribution is 5.68. The van der Waals surface area contributed by atoms with Gasteiger partial charge in [0.05, 0.1) is 45.2 Å². The molecular weight excluding hydrogens is 735 g/mol. The fourth-order valence-electron chi connectivity index (χ4n) is 7.22. The summed E-state index contributed by atoms with van der Waals surface area (Å²) in [7, 11) is 0. The largest absolute Gasteiger partial charge is 0.444 e. The molecule has 0 aliphatic carbocycles. The van der Waals surface area contributed by atoms with Gasteiger partial charge in [-0.1, -0.05) is 133 Å². The number of alkyl carbamates (subject to hydrolysis) is 1. The monoisotopic (exact) mass is 793 g/mol. The van der Waals surface area contributed by atoms with Crippen LogP contribution in [0, 0.1) is 0 Å². The third-order valence-electron chi connectivity index (χ3n) is 9.82. The summed E-state index contributed by atoms with van der Waals surface area (Å²) in [6.45, 7) is 12.7. The predicted octanol–water partition coefficient (Wildman–Crippen LogP) is 8.72. The lowest BCUT2D eigenvalue weighted by Crippen LogP contribution is -2.60. The molecule has 0 radical (unpaired) electrons. The molecule has 4 aromatic carbocycles. The highest BCUT2D eigenvalue weighted by atomic mass is 16.8. The maximum absolute atomic E-state index is 13.3. The van der Waals surface area contributed by atoms with Crippen molar-refractivity contribution in [2.75, 3.05) is 6.61 Å². The van der Waals surface area contributed by atoms with Crippen molar-refractivity contribution in [2.24, 2.45) is 0 Å². The van der Waals surface area contributed by atoms with Gasteiger partial charge in [0.25, 0.3) is 0 Å². The Morgan fingerprint density at radius 2 is 1.16 bits per heavy atom. The van der Waals surface area contributed by atoms with Crippen molar-refractivity contribution in [1.29, 1.82) is 0 Å². The summed E-state index contributed by atoms with van der Waals surface area (Å²) in [5.74, 6) is -0.852. The van der Waals surface area contributed by atoms with E-state index in [4.69, 9.17) is 37.9 Å². The lowest BCUT2D eigenvalue weighted by molar-refractivity contribution is -0.263. The molecule has 2 unspecified atom stereocenters. The number of carbonyl (C=O) groups excluding carboxylic acids is 1. The lowest BCUT2D eigenvalue weighted by atomic mass is 9.93. The van der Waals surface area contributed by atoms with Gasteiger partial charge in [-0.3, -0.25) is 0 Å². The van der Waals surface area contributed by atoms with Gasteiger partial charge in [-0.25, -0.2) is 4.79 Å². The lowest BCUT2D eigenvalue weighted by Gasteiger charge is -2.45. The third kappa shape index (κ3) is 13.1. The van der Waals surface area contributed by atoms with Gasteiger partial charge in [-0.05, 0) is 63.8 Å². The number of hydrogen-bond acceptors (Lipinski definition) is 9. The summed E-state index contributed by atoms with van der Waals surface area (Å²) in [5, 5.41) is 3.03. The molecule has 0 bridgehead atoms. The number of ether oxygens (including phenoxy) is 8. The van der Waals surface area contributed by atoms with E-state index in [9.17, 15) is 4.79 Å². The highest BCUT2D eigenvalue weighted by Gasteiger charge is 2.48. The van der Waals surface area contributed by atoms with E-state index in [-0.39, 0.29) is 12.7 Å². The van der Waals surface area contributed by atoms with Crippen molar-refractivity contribution in [1.82, 2.24) is 5.32 Å². The van der Waals surface area contributed by atoms with Crippen molar-refractivity contribution in [2.45, 2.75) is 128 Å². The summed E-state index contributed by atoms with van der Waals surface area (Å²) in [6.07, 6.45) is -0.706. The number of rotatable bonds is 17. The molecule has 2 aliphatic rings. The molecule has 6 rings (SSSR count). The summed E-state index contributed by atoms with van der Waals surface area (Å²) in [6, 6.07) is 39.5. The Morgan fingerprint density at radius 1 is 0.690 bits per heavy atom. The minimum Gasteiger partial charge on any atom is -0.444 e. The highest BCUT2D eigenvalue weighted by Crippen LogP contribution is 2.34. The van der Waals surface area contributed by atoms with Crippen LogP contribution in [0.4, 0.5) is 4.79 Å². The second kappa shape index (κ2) is 20.5. The zero-order chi connectivity index (χ0) is 41.0. The Balaban J connectivity index is 1.36. The minimum atomic E-state index is -0.852. The Morgan fingerprint density at radius 3 is 1.62 bits per heavy atom. The van der Waals surface area contributed by atoms with Crippen molar-refractivity contribution < 1.29 is 42.7 Å². The molecule has 10 heteroatoms. The van der Waals surface area contributed by atoms with Crippen LogP contribution in [0.3, 0.4) is 0 Å². The smallest absolute Gasteiger partial charge is 0.408 e. The fourth-order valence-corrected chi connectivity index (χ4v) is 7.22. The van der Waals surface area contributed by atoms with E-state index in [0.717, 1.165) is 22.3 Å². The predicted molar refractivity (Wildman–Crippen MR) is 222 cm³/mol. The van der Waals surface area contributed by atoms with E-state index >= 15 is 0 Å². The Hall–Kier alpha value is -4.39. The first kappa shape index (κ1) is 43.2. The van der Waals surface area contributed by atoms with Gasteiger partial charge in [-0.2, -0.15) is 0 Å². The SMILES string of the molecule is C[C@H]1OC(C)(C)O[C@H]1[C@H](/C=C/[C@H]1OC(COCc2ccccc2)[C@H](OCc2ccccc2)[C@@H](OCc2ccccc2)C1OCc1ccccc1)NC(=O)OC(C)(C)C. The number of hydrogen-bond donors (Lipinski definition) is 1. The van der Waals surface area contributed by atoms with Gasteiger partial charge >= 0.3 is 6.09 Å². The number of amides is 1. The minimum absolute atomic E-state index is 0.222. The van der Waals surface area contributed by atoms with Crippen LogP contribution in [0.15, 0.2) is 133 Å². The quantitative estimate of drug-likeness (QED) is 0.105. The van der Waals surface area contributed by atoms with Crippen LogP contribution < -0.4 is 5.32 Å². The van der Waals surface area contributed by atoms with Gasteiger partial charge in [-0.15, -0.1) is 0 Å². The molecular formula is C48H59NO9. The van der Waals surface area contributed by atoms with Crippen LogP contribution in [-0.4, -0.2) is 72.9 Å². The summed E-state index contributed by atoms with van der Waals surface area (Å²) in [4.78, 5) is 13.3. The van der Waals surface area contributed by atoms with Crippen LogP contribution in [-0.2, 0) is 64.3 Å². The standard InChI is InChI=1S/C48H59NO9/c1-34-42(57-48(5,6)56-34)39(49-46(50)58-47(2,3)4)27-28-40-43(52-30-36-21-13-8-14-22-36)45(54-32-38-25-17-10-18-26-38)44(53-31-37-23-15-9-16-24-37)41(55-40)33-51-29-35-19-11-7-12-20-35/h7-28,34,39-45H,29-33H2,1-6H3,(H,49,50)/b28-27+/t34-,39+,40-,41?,42-,43?,44+,45+/m1/s1. The van der Waals surface area contributed by atoms with Gasteiger partial charge in [0.15, 0.2) is 5.79 Å². The third-order valence-corrected chi connectivity index (χ3v) is 9.82. The number of carbonyl (C=O) groups is 1. The molecule has 2 aliphatic heterocycles. The average Bonchev–Trinajstić information content (AvgIpc) is 3.49. The number of benzene rings is 4. The normalized spacial score (nSPS) is 25.0. The van der Waals surface area contributed by atoms with Crippen molar-refractivity contribution in [3.63, 3.8) is 0 Å². The molecule has 8 atom stereocenters. The van der Waals surface area contributed by atoms with E-state index in [2.05, 4.69) is 5.32 Å². The zero-order valence-corrected chi connectivity index (χ0v) is 34.5. The van der Waals surface area contributed by atoms with Gasteiger partial charge in [0.2, 0.25) is 0 Å². The Labute approximate surface area is 343 Å². The van der Waals surface area contributed by atoms with Crippen molar-refractivity contribution >= 4 is 6.09 Å². The van der Waals surface area contributed by atoms with Crippen molar-refractivity contribution in [3.05, 3.63) is 156 Å². The van der Waals surface area contributed by atoms with E-state index < -0.39 is 60.1 Å². The summed E-state index contributed by atoms with van der Waals surface area (Å²) in [5.41, 5.74) is 3.37. The van der Waals surface area contributed by atoms with Crippen LogP contribution in [0.25, 0.3) is 0 Å². The number of nitrogens with one attached hydrogen (secondary N) is 1. The molecule has 0 saturated carbocycles. The molecule has 4 aromatic rings. The van der Waals surface area contributed by atoms with E-state index in [0.29, 0.717) is 26.4 Å². The maximum Gasteiger partial charge on any atom is 0.408 e. The molecule has 0 spiro atoms. The van der Waals surface area contributed by atoms with Crippen LogP contribution in [0.5, 0.6) is 0 Å². The second-order valence-electron chi connectivity index (χ2n) is 16.3. The summed E-state index contributed by atoms with van der Waals surface area (Å²) >= 11 is 0. The molecule has 2 saturated heterocycles. The average molecular weight is 794 g/mol. The molecule has 2 heterocycles. The van der Waals surface area contributed by atoms with Gasteiger partial charge in [0, 0.05) is 0 Å². The topological polar surface area (TPSA) is 103 Å². The molecule has 58 heavy (non-hydrogen) atoms.